The molecule has 0 atom stereocenters. The lowest BCUT2D eigenvalue weighted by Gasteiger charge is -2.13. The van der Waals surface area contributed by atoms with Crippen LogP contribution in [0.1, 0.15) is 16.7 Å². The first-order chi connectivity index (χ1) is 7.75. The molecule has 1 rings (SSSR count). The molecule has 0 radical (unpaired) electrons. The molecule has 0 bridgehead atoms. The molecule has 3 nitrogen and oxygen atoms in total. The number of benzene rings is 1. The Kier molecular flexibility index (Phi) is 2.92. The summed E-state index contributed by atoms with van der Waals surface area (Å²) in [5.74, 6) is -3.76. The Labute approximate surface area is 91.5 Å². The van der Waals surface area contributed by atoms with Crippen molar-refractivity contribution in [2.24, 2.45) is 0 Å². The lowest BCUT2D eigenvalue weighted by molar-refractivity contribution is -0.140. The maximum Gasteiger partial charge on any atom is 0.420 e. The second-order valence-corrected chi connectivity index (χ2v) is 2.89. The molecule has 0 saturated heterocycles. The first-order valence-electron chi connectivity index (χ1n) is 3.93. The van der Waals surface area contributed by atoms with E-state index in [9.17, 15) is 22.0 Å². The van der Waals surface area contributed by atoms with Crippen LogP contribution in [-0.2, 0) is 6.18 Å². The summed E-state index contributed by atoms with van der Waals surface area (Å²) < 4.78 is 63.7. The molecule has 0 fully saturated rings. The van der Waals surface area contributed by atoms with Gasteiger partial charge in [-0.25, -0.2) is 8.78 Å². The number of nitrogen functional groups attached to an aromatic ring is 1. The van der Waals surface area contributed by atoms with Gasteiger partial charge < -0.3 is 5.73 Å². The Balaban J connectivity index is 3.92. The molecule has 0 spiro atoms. The average molecular weight is 247 g/mol. The van der Waals surface area contributed by atoms with Crippen LogP contribution in [0, 0.1) is 34.3 Å². The number of nitriles is 2. The van der Waals surface area contributed by atoms with Crippen molar-refractivity contribution in [2.75, 3.05) is 5.73 Å². The van der Waals surface area contributed by atoms with Crippen LogP contribution in [0.25, 0.3) is 0 Å². The lowest BCUT2D eigenvalue weighted by atomic mass is 9.99. The summed E-state index contributed by atoms with van der Waals surface area (Å²) in [4.78, 5) is 0. The highest BCUT2D eigenvalue weighted by molar-refractivity contribution is 5.61. The minimum atomic E-state index is -5.25. The molecule has 2 N–H and O–H groups in total. The van der Waals surface area contributed by atoms with E-state index in [2.05, 4.69) is 0 Å². The quantitative estimate of drug-likeness (QED) is 0.564. The molecule has 0 unspecified atom stereocenters. The second-order valence-electron chi connectivity index (χ2n) is 2.89. The van der Waals surface area contributed by atoms with Gasteiger partial charge in [0.25, 0.3) is 0 Å². The molecular weight excluding hydrogens is 245 g/mol. The highest BCUT2D eigenvalue weighted by Crippen LogP contribution is 2.38. The number of nitrogens with zero attached hydrogens (tertiary/aromatic N) is 2. The van der Waals surface area contributed by atoms with Gasteiger partial charge >= 0.3 is 6.18 Å². The molecule has 0 aliphatic heterocycles. The third kappa shape index (κ3) is 1.85. The molecule has 0 amide bonds. The van der Waals surface area contributed by atoms with Crippen molar-refractivity contribution in [3.05, 3.63) is 28.3 Å². The van der Waals surface area contributed by atoms with Crippen molar-refractivity contribution < 1.29 is 22.0 Å². The van der Waals surface area contributed by atoms with Crippen molar-refractivity contribution in [3.8, 4) is 12.1 Å². The normalized spacial score (nSPS) is 10.8. The minimum Gasteiger partial charge on any atom is -0.394 e. The van der Waals surface area contributed by atoms with E-state index < -0.39 is 40.2 Å². The fraction of sp³-hybridized carbons (Fsp3) is 0.111. The highest BCUT2D eigenvalue weighted by Gasteiger charge is 2.41. The molecular formula is C9H2F5N3. The summed E-state index contributed by atoms with van der Waals surface area (Å²) in [6.45, 7) is 0. The lowest BCUT2D eigenvalue weighted by Crippen LogP contribution is -2.16. The van der Waals surface area contributed by atoms with Crippen LogP contribution in [-0.4, -0.2) is 0 Å². The van der Waals surface area contributed by atoms with Crippen molar-refractivity contribution in [1.82, 2.24) is 0 Å². The van der Waals surface area contributed by atoms with Crippen molar-refractivity contribution in [1.29, 1.82) is 10.5 Å². The Bertz CT molecular complexity index is 562. The monoisotopic (exact) mass is 247 g/mol. The standard InChI is InChI=1S/C9H2F5N3/c10-6-4(2-16)3(1-15)5(9(12,13)14)7(11)8(6)17/h17H2. The number of hydrogen-bond donors (Lipinski definition) is 1. The Hall–Kier alpha value is -2.35. The topological polar surface area (TPSA) is 73.6 Å². The van der Waals surface area contributed by atoms with E-state index in [1.54, 1.807) is 0 Å². The van der Waals surface area contributed by atoms with E-state index in [0.29, 0.717) is 0 Å². The minimum absolute atomic E-state index is 0.952. The first kappa shape index (κ1) is 12.7. The molecule has 0 aliphatic carbocycles. The van der Waals surface area contributed by atoms with E-state index in [0.717, 1.165) is 12.1 Å². The number of halogens is 5. The summed E-state index contributed by atoms with van der Waals surface area (Å²) >= 11 is 0. The summed E-state index contributed by atoms with van der Waals surface area (Å²) in [6.07, 6.45) is -5.25. The van der Waals surface area contributed by atoms with E-state index >= 15 is 0 Å². The van der Waals surface area contributed by atoms with Crippen LogP contribution >= 0.6 is 0 Å². The van der Waals surface area contributed by atoms with E-state index in [-0.39, 0.29) is 0 Å². The zero-order chi connectivity index (χ0) is 13.4. The smallest absolute Gasteiger partial charge is 0.394 e. The Morgan fingerprint density at radius 2 is 1.41 bits per heavy atom. The van der Waals surface area contributed by atoms with Crippen LogP contribution in [0.15, 0.2) is 0 Å². The fourth-order valence-electron chi connectivity index (χ4n) is 1.19. The summed E-state index contributed by atoms with van der Waals surface area (Å²) in [6, 6.07) is 2.00. The van der Waals surface area contributed by atoms with Gasteiger partial charge in [0, 0.05) is 0 Å². The number of rotatable bonds is 0. The number of alkyl halides is 3. The molecule has 1 aromatic rings. The van der Waals surface area contributed by atoms with Gasteiger partial charge in [0.1, 0.15) is 29.0 Å². The predicted octanol–water partition coefficient (Wildman–Crippen LogP) is 2.31. The van der Waals surface area contributed by atoms with Crippen LogP contribution in [0.5, 0.6) is 0 Å². The van der Waals surface area contributed by atoms with Gasteiger partial charge in [-0.2, -0.15) is 23.7 Å². The molecule has 8 heteroatoms. The van der Waals surface area contributed by atoms with Crippen molar-refractivity contribution in [2.45, 2.75) is 6.18 Å². The average Bonchev–Trinajstić information content (AvgIpc) is 2.23. The maximum atomic E-state index is 13.2. The zero-order valence-electron chi connectivity index (χ0n) is 7.86. The van der Waals surface area contributed by atoms with Gasteiger partial charge in [0.05, 0.1) is 5.56 Å². The molecule has 17 heavy (non-hydrogen) atoms. The van der Waals surface area contributed by atoms with Crippen LogP contribution < -0.4 is 5.73 Å². The van der Waals surface area contributed by atoms with E-state index in [1.807, 2.05) is 0 Å². The SMILES string of the molecule is N#Cc1c(F)c(N)c(F)c(C(F)(F)F)c1C#N. The third-order valence-electron chi connectivity index (χ3n) is 1.92. The predicted molar refractivity (Wildman–Crippen MR) is 45.2 cm³/mol. The summed E-state index contributed by atoms with van der Waals surface area (Å²) in [5, 5.41) is 16.9. The molecule has 0 aromatic heterocycles. The van der Waals surface area contributed by atoms with Crippen molar-refractivity contribution >= 4 is 5.69 Å². The molecule has 0 heterocycles. The zero-order valence-corrected chi connectivity index (χ0v) is 7.86. The molecule has 0 aliphatic rings. The van der Waals surface area contributed by atoms with Gasteiger partial charge in [-0.15, -0.1) is 0 Å². The number of anilines is 1. The third-order valence-corrected chi connectivity index (χ3v) is 1.92. The molecule has 1 aromatic carbocycles. The largest absolute Gasteiger partial charge is 0.420 e. The van der Waals surface area contributed by atoms with Crippen LogP contribution in [0.4, 0.5) is 27.6 Å². The Morgan fingerprint density at radius 1 is 0.941 bits per heavy atom. The number of hydrogen-bond acceptors (Lipinski definition) is 3. The van der Waals surface area contributed by atoms with Crippen molar-refractivity contribution in [3.63, 3.8) is 0 Å². The van der Waals surface area contributed by atoms with E-state index in [4.69, 9.17) is 16.3 Å². The van der Waals surface area contributed by atoms with Gasteiger partial charge in [-0.05, 0) is 0 Å². The van der Waals surface area contributed by atoms with Crippen LogP contribution in [0.3, 0.4) is 0 Å². The maximum absolute atomic E-state index is 13.2. The first-order valence-corrected chi connectivity index (χ1v) is 3.93. The Morgan fingerprint density at radius 3 is 1.76 bits per heavy atom. The molecule has 0 saturated carbocycles. The number of nitrogens with two attached hydrogens (primary N) is 1. The van der Waals surface area contributed by atoms with Gasteiger partial charge in [-0.3, -0.25) is 0 Å². The second kappa shape index (κ2) is 3.91. The summed E-state index contributed by atoms with van der Waals surface area (Å²) in [7, 11) is 0. The highest BCUT2D eigenvalue weighted by atomic mass is 19.4. The van der Waals surface area contributed by atoms with E-state index in [1.165, 1.54) is 0 Å². The fourth-order valence-corrected chi connectivity index (χ4v) is 1.19. The van der Waals surface area contributed by atoms with Gasteiger partial charge in [0.2, 0.25) is 0 Å². The summed E-state index contributed by atoms with van der Waals surface area (Å²) in [5.41, 5.74) is -1.34. The van der Waals surface area contributed by atoms with Crippen LogP contribution in [0.2, 0.25) is 0 Å². The van der Waals surface area contributed by atoms with Gasteiger partial charge in [-0.1, -0.05) is 0 Å². The molecule has 88 valence electrons. The van der Waals surface area contributed by atoms with Gasteiger partial charge in [0.15, 0.2) is 11.6 Å².